The van der Waals surface area contributed by atoms with Gasteiger partial charge in [0.15, 0.2) is 5.82 Å². The van der Waals surface area contributed by atoms with E-state index in [-0.39, 0.29) is 48.2 Å². The Balaban J connectivity index is 1.06. The second-order valence-corrected chi connectivity index (χ2v) is 16.2. The number of nitrogen functional groups attached to an aromatic ring is 1. The molecule has 12 heteroatoms. The Morgan fingerprint density at radius 1 is 1.10 bits per heavy atom. The molecule has 52 heavy (non-hydrogen) atoms. The Morgan fingerprint density at radius 3 is 2.46 bits per heavy atom. The molecule has 6 rings (SSSR count). The van der Waals surface area contributed by atoms with Gasteiger partial charge in [-0.05, 0) is 48.6 Å². The number of para-hydroxylation sites is 1. The molecule has 11 nitrogen and oxygen atoms in total. The van der Waals surface area contributed by atoms with Gasteiger partial charge in [0.25, 0.3) is 0 Å². The average Bonchev–Trinajstić information content (AvgIpc) is 3.70. The lowest BCUT2D eigenvalue weighted by molar-refractivity contribution is -0.142. The van der Waals surface area contributed by atoms with Crippen molar-refractivity contribution >= 4 is 34.5 Å². The summed E-state index contributed by atoms with van der Waals surface area (Å²) in [5.74, 6) is -0.154. The fraction of sp³-hybridized carbons (Fsp3) is 0.425. The van der Waals surface area contributed by atoms with Gasteiger partial charge in [0, 0.05) is 68.0 Å². The van der Waals surface area contributed by atoms with Crippen molar-refractivity contribution in [2.75, 3.05) is 30.3 Å². The normalized spacial score (nSPS) is 18.9. The van der Waals surface area contributed by atoms with E-state index in [9.17, 15) is 19.8 Å². The maximum Gasteiger partial charge on any atom is 0.227 e. The molecule has 274 valence electrons. The van der Waals surface area contributed by atoms with E-state index in [4.69, 9.17) is 5.73 Å². The lowest BCUT2D eigenvalue weighted by Gasteiger charge is -2.41. The minimum absolute atomic E-state index is 0.0347. The number of nitrogens with one attached hydrogen (secondary N) is 1. The minimum atomic E-state index is -0.677. The third kappa shape index (κ3) is 7.98. The molecule has 0 aliphatic carbocycles. The number of phenolic OH excluding ortho intramolecular Hbond substituents is 1. The lowest BCUT2D eigenvalue weighted by Crippen LogP contribution is -2.49. The second-order valence-electron chi connectivity index (χ2n) is 15.3. The smallest absolute Gasteiger partial charge is 0.227 e. The molecular weight excluding hydrogens is 675 g/mol. The molecule has 4 atom stereocenters. The first kappa shape index (κ1) is 37.0. The summed E-state index contributed by atoms with van der Waals surface area (Å²) in [7, 11) is 0. The van der Waals surface area contributed by atoms with E-state index in [0.29, 0.717) is 48.6 Å². The standard InChI is InChI=1S/C40H49N7O4S/c1-23(27-11-13-28(14-12-27)37-25(3)42-22-52-37)43-24(2)34-17-30(49)21-47(34)39(51)32(40(4,5)6)16-29(48)15-26-19-46(20-26)35-18-33(44-45-38(35)41)31-9-7-8-10-36(31)50/h7-14,18,22-23,26,30,32,34,43,49-50H,2,15-17,19-21H2,1,3-6H3,(H2,41,45)/t23-,30+,32+,34-/m0/s1. The van der Waals surface area contributed by atoms with E-state index in [1.54, 1.807) is 34.4 Å². The summed E-state index contributed by atoms with van der Waals surface area (Å²) in [5, 5.41) is 32.8. The van der Waals surface area contributed by atoms with Crippen molar-refractivity contribution in [2.24, 2.45) is 17.3 Å². The lowest BCUT2D eigenvalue weighted by atomic mass is 9.75. The molecule has 2 aromatic carbocycles. The van der Waals surface area contributed by atoms with Crippen LogP contribution in [0.4, 0.5) is 11.5 Å². The summed E-state index contributed by atoms with van der Waals surface area (Å²) in [6.45, 7) is 15.8. The molecule has 4 heterocycles. The van der Waals surface area contributed by atoms with Gasteiger partial charge in [0.2, 0.25) is 5.91 Å². The second kappa shape index (κ2) is 15.0. The first-order valence-electron chi connectivity index (χ1n) is 17.8. The molecule has 4 aromatic rings. The van der Waals surface area contributed by atoms with Crippen LogP contribution >= 0.6 is 11.3 Å². The van der Waals surface area contributed by atoms with Crippen LogP contribution in [0, 0.1) is 24.2 Å². The van der Waals surface area contributed by atoms with Gasteiger partial charge in [0.05, 0.1) is 39.6 Å². The molecule has 0 saturated carbocycles. The van der Waals surface area contributed by atoms with Crippen LogP contribution in [0.1, 0.15) is 64.3 Å². The highest BCUT2D eigenvalue weighted by atomic mass is 32.1. The van der Waals surface area contributed by atoms with E-state index in [2.05, 4.69) is 63.2 Å². The largest absolute Gasteiger partial charge is 0.507 e. The number of thiazole rings is 1. The van der Waals surface area contributed by atoms with Crippen LogP contribution in [0.3, 0.4) is 0 Å². The van der Waals surface area contributed by atoms with Crippen molar-refractivity contribution in [1.29, 1.82) is 0 Å². The number of nitrogens with zero attached hydrogens (tertiary/aromatic N) is 5. The van der Waals surface area contributed by atoms with Gasteiger partial charge < -0.3 is 31.1 Å². The number of anilines is 2. The number of carbonyl (C=O) groups excluding carboxylic acids is 2. The average molecular weight is 724 g/mol. The maximum atomic E-state index is 14.3. The number of Topliss-reactive ketones (excluding diaryl/α,β-unsaturated/α-hetero) is 1. The topological polar surface area (TPSA) is 158 Å². The Hall–Kier alpha value is -4.81. The van der Waals surface area contributed by atoms with Crippen LogP contribution in [0.2, 0.25) is 0 Å². The van der Waals surface area contributed by atoms with Gasteiger partial charge in [-0.15, -0.1) is 21.5 Å². The van der Waals surface area contributed by atoms with Crippen LogP contribution in [-0.2, 0) is 9.59 Å². The van der Waals surface area contributed by atoms with Crippen LogP contribution in [-0.4, -0.2) is 73.8 Å². The number of phenols is 1. The molecule has 2 aliphatic heterocycles. The Labute approximate surface area is 309 Å². The molecule has 2 aliphatic rings. The van der Waals surface area contributed by atoms with Crippen molar-refractivity contribution in [3.05, 3.63) is 83.6 Å². The van der Waals surface area contributed by atoms with Crippen molar-refractivity contribution in [1.82, 2.24) is 25.4 Å². The number of aliphatic hydroxyl groups is 1. The van der Waals surface area contributed by atoms with Gasteiger partial charge in [-0.25, -0.2) is 4.98 Å². The molecule has 1 amide bonds. The first-order chi connectivity index (χ1) is 24.7. The molecule has 0 radical (unpaired) electrons. The molecule has 2 saturated heterocycles. The summed E-state index contributed by atoms with van der Waals surface area (Å²) < 4.78 is 0. The minimum Gasteiger partial charge on any atom is -0.507 e. The predicted octanol–water partition coefficient (Wildman–Crippen LogP) is 6.14. The number of aliphatic hydroxyl groups excluding tert-OH is 1. The summed E-state index contributed by atoms with van der Waals surface area (Å²) in [6, 6.07) is 16.6. The van der Waals surface area contributed by atoms with E-state index in [0.717, 1.165) is 21.7 Å². The van der Waals surface area contributed by atoms with Gasteiger partial charge in [-0.2, -0.15) is 0 Å². The van der Waals surface area contributed by atoms with Crippen molar-refractivity contribution in [2.45, 2.75) is 72.1 Å². The highest BCUT2D eigenvalue weighted by Gasteiger charge is 2.43. The predicted molar refractivity (Wildman–Crippen MR) is 206 cm³/mol. The number of amides is 1. The van der Waals surface area contributed by atoms with Crippen LogP contribution < -0.4 is 16.0 Å². The number of likely N-dealkylation sites (tertiary alicyclic amines) is 1. The van der Waals surface area contributed by atoms with E-state index >= 15 is 0 Å². The highest BCUT2D eigenvalue weighted by molar-refractivity contribution is 7.13. The maximum absolute atomic E-state index is 14.3. The molecular formula is C40H49N7O4S. The Morgan fingerprint density at radius 2 is 1.81 bits per heavy atom. The summed E-state index contributed by atoms with van der Waals surface area (Å²) in [6.07, 6.45) is 0.176. The number of nitrogens with two attached hydrogens (primary N) is 1. The van der Waals surface area contributed by atoms with Crippen LogP contribution in [0.5, 0.6) is 5.75 Å². The van der Waals surface area contributed by atoms with Crippen LogP contribution in [0.15, 0.2) is 72.4 Å². The van der Waals surface area contributed by atoms with Gasteiger partial charge in [-0.3, -0.25) is 9.59 Å². The first-order valence-corrected chi connectivity index (χ1v) is 18.7. The number of aromatic hydroxyl groups is 1. The molecule has 0 bridgehead atoms. The van der Waals surface area contributed by atoms with Crippen molar-refractivity contribution < 1.29 is 19.8 Å². The van der Waals surface area contributed by atoms with E-state index in [1.807, 2.05) is 45.3 Å². The fourth-order valence-corrected chi connectivity index (χ4v) is 8.12. The Bertz CT molecular complexity index is 1930. The molecule has 0 spiro atoms. The summed E-state index contributed by atoms with van der Waals surface area (Å²) in [5.41, 5.74) is 13.2. The highest BCUT2D eigenvalue weighted by Crippen LogP contribution is 2.38. The van der Waals surface area contributed by atoms with Crippen molar-refractivity contribution in [3.8, 4) is 27.4 Å². The number of rotatable bonds is 12. The SMILES string of the molecule is C=C(N[C@@H](C)c1ccc(-c2scnc2C)cc1)[C@@H]1C[C@@H](O)CN1C(=O)[C@@H](CC(=O)CC1CN(c2cc(-c3ccccc3O)nnc2N)C1)C(C)(C)C. The number of hydrogen-bond donors (Lipinski definition) is 4. The number of aromatic nitrogens is 3. The van der Waals surface area contributed by atoms with Gasteiger partial charge in [0.1, 0.15) is 11.5 Å². The fourth-order valence-electron chi connectivity index (χ4n) is 7.31. The third-order valence-electron chi connectivity index (χ3n) is 10.4. The van der Waals surface area contributed by atoms with Gasteiger partial charge >= 0.3 is 0 Å². The molecule has 2 fully saturated rings. The Kier molecular flexibility index (Phi) is 10.7. The number of benzene rings is 2. The zero-order chi connectivity index (χ0) is 37.3. The monoisotopic (exact) mass is 723 g/mol. The third-order valence-corrected chi connectivity index (χ3v) is 11.3. The number of β-amino-alcohol motifs (C(OH)–C–C–N with tert-alkyl or cyclic N) is 1. The quantitative estimate of drug-likeness (QED) is 0.134. The van der Waals surface area contributed by atoms with E-state index in [1.165, 1.54) is 0 Å². The van der Waals surface area contributed by atoms with Gasteiger partial charge in [-0.1, -0.05) is 63.7 Å². The number of ketones is 1. The zero-order valence-corrected chi connectivity index (χ0v) is 31.4. The molecule has 0 unspecified atom stereocenters. The number of hydrogen-bond acceptors (Lipinski definition) is 11. The number of aryl methyl sites for hydroxylation is 1. The summed E-state index contributed by atoms with van der Waals surface area (Å²) in [4.78, 5) is 37.1. The number of carbonyl (C=O) groups is 2. The van der Waals surface area contributed by atoms with Crippen molar-refractivity contribution in [3.63, 3.8) is 0 Å². The zero-order valence-electron chi connectivity index (χ0n) is 30.5. The molecule has 5 N–H and O–H groups in total. The van der Waals surface area contributed by atoms with E-state index < -0.39 is 23.5 Å². The van der Waals surface area contributed by atoms with Crippen LogP contribution in [0.25, 0.3) is 21.7 Å². The molecule has 2 aromatic heterocycles. The summed E-state index contributed by atoms with van der Waals surface area (Å²) >= 11 is 1.62.